The van der Waals surface area contributed by atoms with Crippen LogP contribution in [-0.2, 0) is 0 Å². The maximum Gasteiger partial charge on any atom is 0.274 e. The number of hydrogen-bond acceptors (Lipinski definition) is 4. The summed E-state index contributed by atoms with van der Waals surface area (Å²) in [5.41, 5.74) is 1.04. The molecule has 0 aliphatic heterocycles. The third kappa shape index (κ3) is 4.27. The second kappa shape index (κ2) is 7.23. The van der Waals surface area contributed by atoms with E-state index < -0.39 is 11.7 Å². The van der Waals surface area contributed by atoms with Gasteiger partial charge in [0.2, 0.25) is 0 Å². The molecule has 2 N–H and O–H groups in total. The topological polar surface area (TPSA) is 66.9 Å². The van der Waals surface area contributed by atoms with Crippen molar-refractivity contribution in [1.29, 1.82) is 0 Å². The van der Waals surface area contributed by atoms with Gasteiger partial charge in [-0.15, -0.1) is 0 Å². The normalized spacial score (nSPS) is 10.4. The minimum Gasteiger partial charge on any atom is -0.340 e. The molecule has 0 fully saturated rings. The highest BCUT2D eigenvalue weighted by atomic mass is 35.5. The summed E-state index contributed by atoms with van der Waals surface area (Å²) in [5, 5.41) is 5.41. The predicted molar refractivity (Wildman–Crippen MR) is 91.1 cm³/mol. The zero-order valence-electron chi connectivity index (χ0n) is 12.6. The fourth-order valence-electron chi connectivity index (χ4n) is 2.00. The average Bonchev–Trinajstić information content (AvgIpc) is 2.60. The first-order valence-electron chi connectivity index (χ1n) is 7.12. The zero-order valence-corrected chi connectivity index (χ0v) is 13.4. The van der Waals surface area contributed by atoms with Gasteiger partial charge < -0.3 is 10.6 Å². The van der Waals surface area contributed by atoms with E-state index in [1.807, 2.05) is 0 Å². The van der Waals surface area contributed by atoms with Gasteiger partial charge in [0.25, 0.3) is 5.91 Å². The summed E-state index contributed by atoms with van der Waals surface area (Å²) in [7, 11) is 0. The highest BCUT2D eigenvalue weighted by Gasteiger charge is 2.11. The summed E-state index contributed by atoms with van der Waals surface area (Å²) in [6, 6.07) is 11.0. The molecule has 2 aromatic carbocycles. The summed E-state index contributed by atoms with van der Waals surface area (Å²) >= 11 is 5.68. The van der Waals surface area contributed by atoms with Crippen molar-refractivity contribution in [2.24, 2.45) is 0 Å². The predicted octanol–water partition coefficient (Wildman–Crippen LogP) is 4.40. The van der Waals surface area contributed by atoms with Crippen LogP contribution in [0.4, 0.5) is 26.0 Å². The van der Waals surface area contributed by atoms with E-state index in [0.717, 1.165) is 6.07 Å². The molecule has 8 heteroatoms. The Kier molecular flexibility index (Phi) is 4.85. The van der Waals surface area contributed by atoms with Crippen LogP contribution in [-0.4, -0.2) is 15.9 Å². The van der Waals surface area contributed by atoms with Gasteiger partial charge in [0.05, 0.1) is 5.02 Å². The number of anilines is 3. The molecular formula is C17H11ClF2N4O. The lowest BCUT2D eigenvalue weighted by molar-refractivity contribution is 0.102. The van der Waals surface area contributed by atoms with Gasteiger partial charge in [0, 0.05) is 17.4 Å². The lowest BCUT2D eigenvalue weighted by atomic mass is 10.3. The number of benzene rings is 2. The molecule has 0 aliphatic rings. The molecule has 1 amide bonds. The number of rotatable bonds is 4. The Morgan fingerprint density at radius 3 is 2.40 bits per heavy atom. The second-order valence-corrected chi connectivity index (χ2v) is 5.41. The number of hydrogen-bond donors (Lipinski definition) is 2. The largest absolute Gasteiger partial charge is 0.340 e. The van der Waals surface area contributed by atoms with Gasteiger partial charge in [-0.25, -0.2) is 18.7 Å². The molecule has 0 unspecified atom stereocenters. The first-order valence-corrected chi connectivity index (χ1v) is 7.50. The molecule has 0 aliphatic carbocycles. The van der Waals surface area contributed by atoms with Crippen molar-refractivity contribution in [2.45, 2.75) is 0 Å². The number of nitrogens with one attached hydrogen (secondary N) is 2. The number of carbonyl (C=O) groups is 1. The molecular weight excluding hydrogens is 350 g/mol. The first kappa shape index (κ1) is 16.8. The van der Waals surface area contributed by atoms with Gasteiger partial charge in [0.1, 0.15) is 29.5 Å². The molecule has 3 aromatic rings. The SMILES string of the molecule is O=C(Nc1ccc(F)c(Cl)c1)c1cc(Nc2ccc(F)cc2)ncn1. The van der Waals surface area contributed by atoms with Crippen LogP contribution in [0.3, 0.4) is 0 Å². The summed E-state index contributed by atoms with van der Waals surface area (Å²) in [6.45, 7) is 0. The van der Waals surface area contributed by atoms with Gasteiger partial charge >= 0.3 is 0 Å². The summed E-state index contributed by atoms with van der Waals surface area (Å²) in [4.78, 5) is 20.2. The smallest absolute Gasteiger partial charge is 0.274 e. The van der Waals surface area contributed by atoms with E-state index in [9.17, 15) is 13.6 Å². The van der Waals surface area contributed by atoms with E-state index in [0.29, 0.717) is 17.2 Å². The molecule has 25 heavy (non-hydrogen) atoms. The Morgan fingerprint density at radius 1 is 0.960 bits per heavy atom. The zero-order chi connectivity index (χ0) is 17.8. The molecule has 0 atom stereocenters. The summed E-state index contributed by atoms with van der Waals surface area (Å²) in [6.07, 6.45) is 1.22. The van der Waals surface area contributed by atoms with Crippen molar-refractivity contribution in [3.8, 4) is 0 Å². The van der Waals surface area contributed by atoms with E-state index in [-0.39, 0.29) is 16.5 Å². The van der Waals surface area contributed by atoms with Crippen LogP contribution in [0, 0.1) is 11.6 Å². The molecule has 0 bridgehead atoms. The lowest BCUT2D eigenvalue weighted by Gasteiger charge is -2.08. The van der Waals surface area contributed by atoms with Crippen molar-refractivity contribution in [1.82, 2.24) is 9.97 Å². The average molecular weight is 361 g/mol. The Morgan fingerprint density at radius 2 is 1.68 bits per heavy atom. The molecule has 3 rings (SSSR count). The molecule has 0 saturated carbocycles. The second-order valence-electron chi connectivity index (χ2n) is 5.00. The van der Waals surface area contributed by atoms with Crippen LogP contribution < -0.4 is 10.6 Å². The van der Waals surface area contributed by atoms with E-state index in [4.69, 9.17) is 11.6 Å². The molecule has 1 heterocycles. The lowest BCUT2D eigenvalue weighted by Crippen LogP contribution is -2.14. The molecule has 1 aromatic heterocycles. The number of carbonyl (C=O) groups excluding carboxylic acids is 1. The Bertz CT molecular complexity index is 919. The number of nitrogens with zero attached hydrogens (tertiary/aromatic N) is 2. The fourth-order valence-corrected chi connectivity index (χ4v) is 2.18. The third-order valence-corrected chi connectivity index (χ3v) is 3.48. The van der Waals surface area contributed by atoms with Crippen molar-refractivity contribution >= 4 is 34.7 Å². The Hall–Kier alpha value is -3.06. The maximum atomic E-state index is 13.1. The van der Waals surface area contributed by atoms with Crippen LogP contribution in [0.15, 0.2) is 54.9 Å². The number of halogens is 3. The number of amides is 1. The fraction of sp³-hybridized carbons (Fsp3) is 0. The Labute approximate surface area is 146 Å². The van der Waals surface area contributed by atoms with Crippen LogP contribution >= 0.6 is 11.6 Å². The van der Waals surface area contributed by atoms with Crippen molar-refractivity contribution in [3.05, 3.63) is 77.2 Å². The highest BCUT2D eigenvalue weighted by Crippen LogP contribution is 2.20. The van der Waals surface area contributed by atoms with Gasteiger partial charge in [-0.3, -0.25) is 4.79 Å². The highest BCUT2D eigenvalue weighted by molar-refractivity contribution is 6.31. The van der Waals surface area contributed by atoms with Gasteiger partial charge in [-0.2, -0.15) is 0 Å². The molecule has 0 spiro atoms. The molecule has 5 nitrogen and oxygen atoms in total. The summed E-state index contributed by atoms with van der Waals surface area (Å²) in [5.74, 6) is -1.07. The van der Waals surface area contributed by atoms with Gasteiger partial charge in [-0.05, 0) is 42.5 Å². The molecule has 0 radical (unpaired) electrons. The van der Waals surface area contributed by atoms with Gasteiger partial charge in [0.15, 0.2) is 0 Å². The van der Waals surface area contributed by atoms with Crippen LogP contribution in [0.1, 0.15) is 10.5 Å². The van der Waals surface area contributed by atoms with E-state index in [1.165, 1.54) is 48.8 Å². The molecule has 126 valence electrons. The summed E-state index contributed by atoms with van der Waals surface area (Å²) < 4.78 is 26.1. The van der Waals surface area contributed by atoms with Crippen LogP contribution in [0.2, 0.25) is 5.02 Å². The quantitative estimate of drug-likeness (QED) is 0.723. The van der Waals surface area contributed by atoms with Crippen molar-refractivity contribution in [3.63, 3.8) is 0 Å². The third-order valence-electron chi connectivity index (χ3n) is 3.19. The van der Waals surface area contributed by atoms with E-state index in [2.05, 4.69) is 20.6 Å². The van der Waals surface area contributed by atoms with E-state index >= 15 is 0 Å². The molecule has 0 saturated heterocycles. The van der Waals surface area contributed by atoms with E-state index in [1.54, 1.807) is 0 Å². The van der Waals surface area contributed by atoms with Gasteiger partial charge in [-0.1, -0.05) is 11.6 Å². The standard InChI is InChI=1S/C17H11ClF2N4O/c18-13-7-12(5-6-14(13)20)24-17(25)15-8-16(22-9-21-15)23-11-3-1-10(19)2-4-11/h1-9H,(H,24,25)(H,21,22,23). The minimum absolute atomic E-state index is 0.0973. The Balaban J connectivity index is 1.74. The minimum atomic E-state index is -0.576. The first-order chi connectivity index (χ1) is 12.0. The van der Waals surface area contributed by atoms with Crippen molar-refractivity contribution < 1.29 is 13.6 Å². The monoisotopic (exact) mass is 360 g/mol. The van der Waals surface area contributed by atoms with Crippen LogP contribution in [0.5, 0.6) is 0 Å². The maximum absolute atomic E-state index is 13.1. The van der Waals surface area contributed by atoms with Crippen molar-refractivity contribution in [2.75, 3.05) is 10.6 Å². The number of aromatic nitrogens is 2. The van der Waals surface area contributed by atoms with Crippen LogP contribution in [0.25, 0.3) is 0 Å².